The topological polar surface area (TPSA) is 52.3 Å². The number of carbonyl (C=O) groups excluding carboxylic acids is 1. The molecule has 0 atom stereocenters. The van der Waals surface area contributed by atoms with Crippen molar-refractivity contribution in [3.63, 3.8) is 0 Å². The van der Waals surface area contributed by atoms with Crippen LogP contribution in [0.25, 0.3) is 0 Å². The molecule has 0 saturated carbocycles. The molecule has 0 bridgehead atoms. The summed E-state index contributed by atoms with van der Waals surface area (Å²) in [5.41, 5.74) is 5.64. The van der Waals surface area contributed by atoms with Crippen molar-refractivity contribution < 1.29 is 9.53 Å². The minimum atomic E-state index is -0.446. The van der Waals surface area contributed by atoms with Crippen LogP contribution < -0.4 is 5.73 Å². The lowest BCUT2D eigenvalue weighted by atomic mass is 10.4. The summed E-state index contributed by atoms with van der Waals surface area (Å²) >= 11 is 0. The van der Waals surface area contributed by atoms with Gasteiger partial charge in [-0.1, -0.05) is 6.08 Å². The average Bonchev–Trinajstić information content (AvgIpc) is 1.82. The number of hydrogen-bond acceptors (Lipinski definition) is 3. The lowest BCUT2D eigenvalue weighted by Gasteiger charge is -1.91. The third kappa shape index (κ3) is 4.90. The van der Waals surface area contributed by atoms with Gasteiger partial charge < -0.3 is 10.5 Å². The molecule has 3 nitrogen and oxygen atoms in total. The van der Waals surface area contributed by atoms with Gasteiger partial charge in [0.1, 0.15) is 0 Å². The Kier molecular flexibility index (Phi) is 4.04. The first-order chi connectivity index (χ1) is 4.66. The van der Waals surface area contributed by atoms with Crippen LogP contribution in [0.5, 0.6) is 0 Å². The fourth-order valence-corrected chi connectivity index (χ4v) is 0.355. The largest absolute Gasteiger partial charge is 0.432 e. The summed E-state index contributed by atoms with van der Waals surface area (Å²) in [4.78, 5) is 10.6. The standard InChI is InChI=1S/C7H11NO2/c1-3-4-10-7(9)5-6(2)8/h3-5H,8H2,1-2H3/b4-3?,6-5-. The molecule has 0 aromatic rings. The molecule has 56 valence electrons. The smallest absolute Gasteiger partial charge is 0.337 e. The van der Waals surface area contributed by atoms with Crippen LogP contribution in [0.3, 0.4) is 0 Å². The van der Waals surface area contributed by atoms with Crippen LogP contribution >= 0.6 is 0 Å². The predicted molar refractivity (Wildman–Crippen MR) is 38.9 cm³/mol. The van der Waals surface area contributed by atoms with E-state index in [9.17, 15) is 4.79 Å². The van der Waals surface area contributed by atoms with E-state index in [4.69, 9.17) is 5.73 Å². The minimum absolute atomic E-state index is 0.439. The van der Waals surface area contributed by atoms with Crippen molar-refractivity contribution in [2.45, 2.75) is 13.8 Å². The third-order valence-corrected chi connectivity index (χ3v) is 0.666. The Morgan fingerprint density at radius 3 is 2.60 bits per heavy atom. The molecule has 0 saturated heterocycles. The number of hydrogen-bond donors (Lipinski definition) is 1. The maximum absolute atomic E-state index is 10.6. The summed E-state index contributed by atoms with van der Waals surface area (Å²) in [5.74, 6) is -0.446. The first kappa shape index (κ1) is 8.75. The quantitative estimate of drug-likeness (QED) is 0.353. The van der Waals surface area contributed by atoms with Gasteiger partial charge in [-0.25, -0.2) is 4.79 Å². The maximum atomic E-state index is 10.6. The maximum Gasteiger partial charge on any atom is 0.337 e. The van der Waals surface area contributed by atoms with Gasteiger partial charge in [0, 0.05) is 11.8 Å². The summed E-state index contributed by atoms with van der Waals surface area (Å²) in [6.07, 6.45) is 4.15. The Bertz CT molecular complexity index is 166. The van der Waals surface area contributed by atoms with Crippen LogP contribution in [0.1, 0.15) is 13.8 Å². The number of rotatable bonds is 2. The van der Waals surface area contributed by atoms with E-state index < -0.39 is 5.97 Å². The monoisotopic (exact) mass is 141 g/mol. The Morgan fingerprint density at radius 2 is 2.20 bits per heavy atom. The van der Waals surface area contributed by atoms with E-state index in [1.54, 1.807) is 19.9 Å². The van der Waals surface area contributed by atoms with Crippen LogP contribution in [0, 0.1) is 0 Å². The first-order valence-corrected chi connectivity index (χ1v) is 2.92. The molecule has 0 heterocycles. The summed E-state index contributed by atoms with van der Waals surface area (Å²) in [6.45, 7) is 3.38. The summed E-state index contributed by atoms with van der Waals surface area (Å²) in [6, 6.07) is 0. The third-order valence-electron chi connectivity index (χ3n) is 0.666. The predicted octanol–water partition coefficient (Wildman–Crippen LogP) is 0.926. The molecule has 2 N–H and O–H groups in total. The number of nitrogens with two attached hydrogens (primary N) is 1. The molecule has 10 heavy (non-hydrogen) atoms. The zero-order chi connectivity index (χ0) is 7.98. The zero-order valence-electron chi connectivity index (χ0n) is 6.13. The second kappa shape index (κ2) is 4.61. The van der Waals surface area contributed by atoms with Gasteiger partial charge in [0.2, 0.25) is 0 Å². The molecule has 0 spiro atoms. The van der Waals surface area contributed by atoms with Gasteiger partial charge in [-0.2, -0.15) is 0 Å². The van der Waals surface area contributed by atoms with Crippen molar-refractivity contribution in [1.29, 1.82) is 0 Å². The molecule has 0 fully saturated rings. The molecule has 0 rings (SSSR count). The van der Waals surface area contributed by atoms with Crippen LogP contribution in [0.15, 0.2) is 24.1 Å². The molecule has 0 aliphatic heterocycles. The molecule has 3 heteroatoms. The highest BCUT2D eigenvalue weighted by atomic mass is 16.5. The number of carbonyl (C=O) groups is 1. The van der Waals surface area contributed by atoms with E-state index in [1.807, 2.05) is 0 Å². The van der Waals surface area contributed by atoms with E-state index in [1.165, 1.54) is 12.3 Å². The Labute approximate surface area is 60.2 Å². The lowest BCUT2D eigenvalue weighted by molar-refractivity contribution is -0.132. The summed E-state index contributed by atoms with van der Waals surface area (Å²) < 4.78 is 4.53. The van der Waals surface area contributed by atoms with Crippen molar-refractivity contribution in [3.05, 3.63) is 24.1 Å². The van der Waals surface area contributed by atoms with Crippen LogP contribution in [0.4, 0.5) is 0 Å². The van der Waals surface area contributed by atoms with Gasteiger partial charge >= 0.3 is 5.97 Å². The Balaban J connectivity index is 3.76. The lowest BCUT2D eigenvalue weighted by Crippen LogP contribution is -1.99. The van der Waals surface area contributed by atoms with E-state index in [2.05, 4.69) is 4.74 Å². The molecule has 0 unspecified atom stereocenters. The molecule has 0 radical (unpaired) electrons. The second-order valence-corrected chi connectivity index (χ2v) is 1.79. The van der Waals surface area contributed by atoms with Crippen LogP contribution in [0.2, 0.25) is 0 Å². The number of ether oxygens (including phenoxy) is 1. The van der Waals surface area contributed by atoms with Crippen molar-refractivity contribution in [2.24, 2.45) is 5.73 Å². The second-order valence-electron chi connectivity index (χ2n) is 1.79. The van der Waals surface area contributed by atoms with E-state index >= 15 is 0 Å². The summed E-state index contributed by atoms with van der Waals surface area (Å²) in [7, 11) is 0. The molecule has 0 amide bonds. The SMILES string of the molecule is CC=COC(=O)/C=C(/C)N. The molecule has 0 aliphatic carbocycles. The molecule has 0 aromatic carbocycles. The van der Waals surface area contributed by atoms with Crippen LogP contribution in [-0.2, 0) is 9.53 Å². The Hall–Kier alpha value is -1.25. The molecule has 0 aliphatic rings. The van der Waals surface area contributed by atoms with Gasteiger partial charge in [0.25, 0.3) is 0 Å². The highest BCUT2D eigenvalue weighted by molar-refractivity contribution is 5.82. The fourth-order valence-electron chi connectivity index (χ4n) is 0.355. The van der Waals surface area contributed by atoms with Crippen molar-refractivity contribution in [2.75, 3.05) is 0 Å². The Morgan fingerprint density at radius 1 is 1.60 bits per heavy atom. The molecular weight excluding hydrogens is 130 g/mol. The van der Waals surface area contributed by atoms with Gasteiger partial charge in [0.05, 0.1) is 6.26 Å². The normalized spacial score (nSPS) is 12.0. The average molecular weight is 141 g/mol. The molecule has 0 aromatic heterocycles. The highest BCUT2D eigenvalue weighted by Gasteiger charge is 1.92. The van der Waals surface area contributed by atoms with Gasteiger partial charge in [-0.15, -0.1) is 0 Å². The van der Waals surface area contributed by atoms with Gasteiger partial charge in [-0.3, -0.25) is 0 Å². The first-order valence-electron chi connectivity index (χ1n) is 2.92. The van der Waals surface area contributed by atoms with Crippen molar-refractivity contribution in [1.82, 2.24) is 0 Å². The minimum Gasteiger partial charge on any atom is -0.432 e. The van der Waals surface area contributed by atoms with Crippen LogP contribution in [-0.4, -0.2) is 5.97 Å². The van der Waals surface area contributed by atoms with Crippen molar-refractivity contribution in [3.8, 4) is 0 Å². The van der Waals surface area contributed by atoms with Gasteiger partial charge in [-0.05, 0) is 13.8 Å². The number of esters is 1. The van der Waals surface area contributed by atoms with E-state index in [0.29, 0.717) is 5.70 Å². The molecular formula is C7H11NO2. The van der Waals surface area contributed by atoms with E-state index in [0.717, 1.165) is 0 Å². The van der Waals surface area contributed by atoms with Crippen molar-refractivity contribution >= 4 is 5.97 Å². The van der Waals surface area contributed by atoms with Gasteiger partial charge in [0.15, 0.2) is 0 Å². The highest BCUT2D eigenvalue weighted by Crippen LogP contribution is 1.85. The number of allylic oxidation sites excluding steroid dienone is 2. The fraction of sp³-hybridized carbons (Fsp3) is 0.286. The summed E-state index contributed by atoms with van der Waals surface area (Å²) in [5, 5.41) is 0. The van der Waals surface area contributed by atoms with E-state index in [-0.39, 0.29) is 0 Å². The zero-order valence-corrected chi connectivity index (χ0v) is 6.13.